The molecule has 2 saturated heterocycles. The topological polar surface area (TPSA) is 18.5 Å². The molecule has 4 rings (SSSR count). The zero-order valence-electron chi connectivity index (χ0n) is 15.7. The number of nitrogens with zero attached hydrogens (tertiary/aromatic N) is 2. The summed E-state index contributed by atoms with van der Waals surface area (Å²) in [5.41, 5.74) is 2.81. The molecule has 138 valence electrons. The first-order valence-corrected chi connectivity index (χ1v) is 10.2. The van der Waals surface area contributed by atoms with Crippen LogP contribution >= 0.6 is 0 Å². The second-order valence-electron chi connectivity index (χ2n) is 7.77. The van der Waals surface area contributed by atoms with Gasteiger partial charge in [-0.1, -0.05) is 60.7 Å². The Labute approximate surface area is 158 Å². The molecule has 26 heavy (non-hydrogen) atoms. The van der Waals surface area contributed by atoms with Gasteiger partial charge in [0.05, 0.1) is 6.04 Å². The summed E-state index contributed by atoms with van der Waals surface area (Å²) < 4.78 is 0. The monoisotopic (exact) mass is 349 g/mol. The molecule has 0 unspecified atom stereocenters. The van der Waals surface area contributed by atoms with E-state index in [-0.39, 0.29) is 0 Å². The van der Waals surface area contributed by atoms with Crippen LogP contribution in [-0.4, -0.2) is 55.6 Å². The van der Waals surface area contributed by atoms with Gasteiger partial charge >= 0.3 is 0 Å². The molecule has 3 nitrogen and oxygen atoms in total. The van der Waals surface area contributed by atoms with Crippen LogP contribution in [0.15, 0.2) is 60.7 Å². The SMILES string of the molecule is c1ccc(C(c2ccccc2)N2CCN(C[C@H]3CCCNC3)CC2)cc1. The minimum atomic E-state index is 0.371. The van der Waals surface area contributed by atoms with Crippen molar-refractivity contribution in [3.8, 4) is 0 Å². The summed E-state index contributed by atoms with van der Waals surface area (Å²) in [6, 6.07) is 22.4. The van der Waals surface area contributed by atoms with Crippen molar-refractivity contribution in [3.05, 3.63) is 71.8 Å². The first-order chi connectivity index (χ1) is 12.9. The highest BCUT2D eigenvalue weighted by Gasteiger charge is 2.27. The fourth-order valence-electron chi connectivity index (χ4n) is 4.53. The van der Waals surface area contributed by atoms with E-state index >= 15 is 0 Å². The lowest BCUT2D eigenvalue weighted by molar-refractivity contribution is 0.0934. The van der Waals surface area contributed by atoms with Gasteiger partial charge in [0.1, 0.15) is 0 Å². The lowest BCUT2D eigenvalue weighted by Crippen LogP contribution is -2.50. The Kier molecular flexibility index (Phi) is 6.00. The summed E-state index contributed by atoms with van der Waals surface area (Å²) in [4.78, 5) is 5.35. The largest absolute Gasteiger partial charge is 0.316 e. The summed E-state index contributed by atoms with van der Waals surface area (Å²) in [7, 11) is 0. The summed E-state index contributed by atoms with van der Waals surface area (Å²) in [6.07, 6.45) is 2.73. The Hall–Kier alpha value is -1.68. The van der Waals surface area contributed by atoms with Crippen molar-refractivity contribution < 1.29 is 0 Å². The van der Waals surface area contributed by atoms with Crippen molar-refractivity contribution in [2.75, 3.05) is 45.8 Å². The first kappa shape index (κ1) is 17.7. The van der Waals surface area contributed by atoms with E-state index in [0.29, 0.717) is 6.04 Å². The van der Waals surface area contributed by atoms with Gasteiger partial charge in [0, 0.05) is 32.7 Å². The van der Waals surface area contributed by atoms with E-state index in [2.05, 4.69) is 75.8 Å². The standard InChI is InChI=1S/C23H31N3/c1-3-9-21(10-4-1)23(22-11-5-2-6-12-22)26-16-14-25(15-17-26)19-20-8-7-13-24-18-20/h1-6,9-12,20,23-24H,7-8,13-19H2/t20-/m0/s1. The maximum Gasteiger partial charge on any atom is 0.0602 e. The summed E-state index contributed by atoms with van der Waals surface area (Å²) in [5.74, 6) is 0.842. The second-order valence-corrected chi connectivity index (χ2v) is 7.77. The molecule has 0 radical (unpaired) electrons. The van der Waals surface area contributed by atoms with Gasteiger partial charge < -0.3 is 10.2 Å². The van der Waals surface area contributed by atoms with Crippen LogP contribution in [0.5, 0.6) is 0 Å². The number of piperazine rings is 1. The Morgan fingerprint density at radius 3 is 2.00 bits per heavy atom. The molecule has 2 heterocycles. The fraction of sp³-hybridized carbons (Fsp3) is 0.478. The summed E-state index contributed by atoms with van der Waals surface area (Å²) in [5, 5.41) is 3.56. The van der Waals surface area contributed by atoms with Crippen LogP contribution in [-0.2, 0) is 0 Å². The van der Waals surface area contributed by atoms with Crippen molar-refractivity contribution in [2.45, 2.75) is 18.9 Å². The van der Waals surface area contributed by atoms with Gasteiger partial charge in [-0.25, -0.2) is 0 Å². The Bertz CT molecular complexity index is 604. The van der Waals surface area contributed by atoms with Crippen molar-refractivity contribution in [1.82, 2.24) is 15.1 Å². The van der Waals surface area contributed by atoms with Gasteiger partial charge in [0.25, 0.3) is 0 Å². The Balaban J connectivity index is 1.43. The molecule has 1 atom stereocenters. The molecule has 0 aromatic heterocycles. The van der Waals surface area contributed by atoms with E-state index in [1.165, 1.54) is 56.7 Å². The molecule has 2 aliphatic heterocycles. The molecule has 1 N–H and O–H groups in total. The normalized spacial score (nSPS) is 22.6. The highest BCUT2D eigenvalue weighted by Crippen LogP contribution is 2.29. The van der Waals surface area contributed by atoms with E-state index < -0.39 is 0 Å². The highest BCUT2D eigenvalue weighted by molar-refractivity contribution is 5.31. The predicted octanol–water partition coefficient (Wildman–Crippen LogP) is 3.39. The van der Waals surface area contributed by atoms with E-state index in [1.807, 2.05) is 0 Å². The third-order valence-corrected chi connectivity index (χ3v) is 5.92. The number of nitrogens with one attached hydrogen (secondary N) is 1. The van der Waals surface area contributed by atoms with Crippen molar-refractivity contribution in [2.24, 2.45) is 5.92 Å². The van der Waals surface area contributed by atoms with Crippen LogP contribution in [0.2, 0.25) is 0 Å². The average molecular weight is 350 g/mol. The quantitative estimate of drug-likeness (QED) is 0.893. The number of rotatable bonds is 5. The van der Waals surface area contributed by atoms with Crippen LogP contribution < -0.4 is 5.32 Å². The van der Waals surface area contributed by atoms with Gasteiger partial charge in [0.15, 0.2) is 0 Å². The van der Waals surface area contributed by atoms with Gasteiger partial charge in [-0.15, -0.1) is 0 Å². The average Bonchev–Trinajstić information content (AvgIpc) is 2.72. The summed E-state index contributed by atoms with van der Waals surface area (Å²) >= 11 is 0. The van der Waals surface area contributed by atoms with Crippen LogP contribution in [0.4, 0.5) is 0 Å². The molecule has 0 aliphatic carbocycles. The zero-order valence-corrected chi connectivity index (χ0v) is 15.7. The van der Waals surface area contributed by atoms with Crippen LogP contribution in [0.25, 0.3) is 0 Å². The molecule has 2 aromatic carbocycles. The van der Waals surface area contributed by atoms with Gasteiger partial charge in [-0.05, 0) is 43.0 Å². The van der Waals surface area contributed by atoms with E-state index in [1.54, 1.807) is 0 Å². The van der Waals surface area contributed by atoms with E-state index in [0.717, 1.165) is 19.0 Å². The Morgan fingerprint density at radius 2 is 1.46 bits per heavy atom. The van der Waals surface area contributed by atoms with E-state index in [4.69, 9.17) is 0 Å². The molecule has 2 fully saturated rings. The fourth-order valence-corrected chi connectivity index (χ4v) is 4.53. The van der Waals surface area contributed by atoms with Gasteiger partial charge in [0.2, 0.25) is 0 Å². The minimum Gasteiger partial charge on any atom is -0.316 e. The minimum absolute atomic E-state index is 0.371. The van der Waals surface area contributed by atoms with Crippen LogP contribution in [0.1, 0.15) is 30.0 Å². The van der Waals surface area contributed by atoms with Crippen LogP contribution in [0, 0.1) is 5.92 Å². The van der Waals surface area contributed by atoms with Crippen molar-refractivity contribution in [3.63, 3.8) is 0 Å². The molecule has 0 bridgehead atoms. The van der Waals surface area contributed by atoms with Gasteiger partial charge in [-0.3, -0.25) is 4.90 Å². The molecule has 0 spiro atoms. The summed E-state index contributed by atoms with van der Waals surface area (Å²) in [6.45, 7) is 8.35. The van der Waals surface area contributed by atoms with Gasteiger partial charge in [-0.2, -0.15) is 0 Å². The van der Waals surface area contributed by atoms with Crippen LogP contribution in [0.3, 0.4) is 0 Å². The van der Waals surface area contributed by atoms with Crippen molar-refractivity contribution >= 4 is 0 Å². The maximum absolute atomic E-state index is 3.56. The predicted molar refractivity (Wildman–Crippen MR) is 108 cm³/mol. The van der Waals surface area contributed by atoms with Crippen molar-refractivity contribution in [1.29, 1.82) is 0 Å². The smallest absolute Gasteiger partial charge is 0.0602 e. The molecule has 0 saturated carbocycles. The molecule has 3 heteroatoms. The number of hydrogen-bond acceptors (Lipinski definition) is 3. The second kappa shape index (κ2) is 8.81. The maximum atomic E-state index is 3.56. The lowest BCUT2D eigenvalue weighted by Gasteiger charge is -2.41. The Morgan fingerprint density at radius 1 is 0.846 bits per heavy atom. The molecule has 0 amide bonds. The number of piperidine rings is 1. The third-order valence-electron chi connectivity index (χ3n) is 5.92. The molecule has 2 aromatic rings. The number of benzene rings is 2. The number of hydrogen-bond donors (Lipinski definition) is 1. The first-order valence-electron chi connectivity index (χ1n) is 10.2. The zero-order chi connectivity index (χ0) is 17.6. The highest BCUT2D eigenvalue weighted by atomic mass is 15.3. The molecule has 2 aliphatic rings. The van der Waals surface area contributed by atoms with E-state index in [9.17, 15) is 0 Å². The molecular formula is C23H31N3. The lowest BCUT2D eigenvalue weighted by atomic mass is 9.96. The third kappa shape index (κ3) is 4.35. The molecular weight excluding hydrogens is 318 g/mol.